The summed E-state index contributed by atoms with van der Waals surface area (Å²) in [6.07, 6.45) is 0. The first-order valence-corrected chi connectivity index (χ1v) is 5.80. The fourth-order valence-electron chi connectivity index (χ4n) is 1.62. The lowest BCUT2D eigenvalue weighted by Crippen LogP contribution is -2.15. The average molecular weight is 294 g/mol. The van der Waals surface area contributed by atoms with Crippen LogP contribution >= 0.6 is 0 Å². The number of nitrogens with zero attached hydrogens (tertiary/aromatic N) is 1. The molecule has 1 amide bonds. The largest absolute Gasteiger partial charge is 0.478 e. The summed E-state index contributed by atoms with van der Waals surface area (Å²) in [7, 11) is 1.46. The Morgan fingerprint density at radius 2 is 2.19 bits per heavy atom. The molecule has 1 aromatic heterocycles. The second-order valence-corrected chi connectivity index (χ2v) is 4.06. The molecular formula is C13H11FN2O5. The fourth-order valence-corrected chi connectivity index (χ4v) is 1.62. The molecule has 0 unspecified atom stereocenters. The van der Waals surface area contributed by atoms with Gasteiger partial charge in [-0.3, -0.25) is 4.79 Å². The van der Waals surface area contributed by atoms with Crippen LogP contribution in [0.2, 0.25) is 0 Å². The first-order valence-electron chi connectivity index (χ1n) is 5.80. The van der Waals surface area contributed by atoms with Gasteiger partial charge < -0.3 is 19.7 Å². The highest BCUT2D eigenvalue weighted by Gasteiger charge is 2.17. The van der Waals surface area contributed by atoms with Crippen molar-refractivity contribution in [3.05, 3.63) is 47.1 Å². The number of hydrogen-bond donors (Lipinski definition) is 2. The van der Waals surface area contributed by atoms with Crippen LogP contribution in [0.4, 0.5) is 10.1 Å². The van der Waals surface area contributed by atoms with Gasteiger partial charge in [0.1, 0.15) is 12.4 Å². The molecule has 0 radical (unpaired) electrons. The lowest BCUT2D eigenvalue weighted by atomic mass is 10.1. The maximum atomic E-state index is 13.0. The number of aromatic carboxylic acids is 1. The molecule has 8 heteroatoms. The van der Waals surface area contributed by atoms with E-state index >= 15 is 0 Å². The number of ether oxygens (including phenoxy) is 1. The average Bonchev–Trinajstić information content (AvgIpc) is 2.89. The number of carbonyl (C=O) groups excluding carboxylic acids is 1. The van der Waals surface area contributed by atoms with Gasteiger partial charge in [-0.15, -0.1) is 0 Å². The molecule has 2 N–H and O–H groups in total. The monoisotopic (exact) mass is 294 g/mol. The molecule has 0 spiro atoms. The molecule has 0 bridgehead atoms. The van der Waals surface area contributed by atoms with Crippen LogP contribution in [0.15, 0.2) is 28.8 Å². The van der Waals surface area contributed by atoms with Gasteiger partial charge in [0, 0.05) is 13.2 Å². The Hall–Kier alpha value is -2.74. The third-order valence-electron chi connectivity index (χ3n) is 2.54. The van der Waals surface area contributed by atoms with E-state index in [1.165, 1.54) is 13.2 Å². The number of rotatable bonds is 5. The molecule has 0 aliphatic carbocycles. The first-order chi connectivity index (χ1) is 10.0. The van der Waals surface area contributed by atoms with Crippen molar-refractivity contribution < 1.29 is 28.3 Å². The number of benzene rings is 1. The molecule has 110 valence electrons. The summed E-state index contributed by atoms with van der Waals surface area (Å²) in [6.45, 7) is 0.150. The van der Waals surface area contributed by atoms with Gasteiger partial charge in [-0.2, -0.15) is 0 Å². The van der Waals surface area contributed by atoms with E-state index in [9.17, 15) is 14.0 Å². The van der Waals surface area contributed by atoms with Crippen molar-refractivity contribution in [2.75, 3.05) is 12.4 Å². The molecule has 1 aromatic carbocycles. The Bertz CT molecular complexity index is 683. The van der Waals surface area contributed by atoms with Crippen LogP contribution in [0.5, 0.6) is 0 Å². The molecule has 0 saturated heterocycles. The van der Waals surface area contributed by atoms with Gasteiger partial charge in [0.05, 0.1) is 11.3 Å². The van der Waals surface area contributed by atoms with Crippen molar-refractivity contribution in [2.45, 2.75) is 6.61 Å². The number of carboxylic acids is 1. The summed E-state index contributed by atoms with van der Waals surface area (Å²) in [6, 6.07) is 4.38. The second-order valence-electron chi connectivity index (χ2n) is 4.06. The zero-order valence-corrected chi connectivity index (χ0v) is 10.9. The molecule has 0 fully saturated rings. The molecule has 21 heavy (non-hydrogen) atoms. The molecule has 0 saturated carbocycles. The highest BCUT2D eigenvalue weighted by atomic mass is 19.1. The Balaban J connectivity index is 2.20. The van der Waals surface area contributed by atoms with E-state index in [4.69, 9.17) is 14.4 Å². The number of carbonyl (C=O) groups is 2. The van der Waals surface area contributed by atoms with Crippen LogP contribution < -0.4 is 5.32 Å². The summed E-state index contributed by atoms with van der Waals surface area (Å²) in [5.41, 5.74) is -0.433. The van der Waals surface area contributed by atoms with Crippen LogP contribution in [-0.2, 0) is 11.3 Å². The third kappa shape index (κ3) is 3.42. The van der Waals surface area contributed by atoms with Crippen LogP contribution in [0.3, 0.4) is 0 Å². The van der Waals surface area contributed by atoms with Crippen LogP contribution in [0.1, 0.15) is 26.6 Å². The SMILES string of the molecule is COCc1cc(C(=O)Nc2ccc(F)cc2C(=O)O)no1. The van der Waals surface area contributed by atoms with E-state index in [1.54, 1.807) is 0 Å². The molecule has 0 aliphatic rings. The summed E-state index contributed by atoms with van der Waals surface area (Å²) >= 11 is 0. The van der Waals surface area contributed by atoms with Gasteiger partial charge in [0.2, 0.25) is 0 Å². The Labute approximate surface area is 118 Å². The number of aromatic nitrogens is 1. The Morgan fingerprint density at radius 3 is 2.86 bits per heavy atom. The van der Waals surface area contributed by atoms with E-state index in [2.05, 4.69) is 10.5 Å². The second kappa shape index (κ2) is 6.14. The summed E-state index contributed by atoms with van der Waals surface area (Å²) < 4.78 is 22.7. The lowest BCUT2D eigenvalue weighted by molar-refractivity contribution is 0.0697. The zero-order valence-electron chi connectivity index (χ0n) is 10.9. The maximum absolute atomic E-state index is 13.0. The van der Waals surface area contributed by atoms with Gasteiger partial charge in [-0.25, -0.2) is 9.18 Å². The van der Waals surface area contributed by atoms with Crippen molar-refractivity contribution in [1.29, 1.82) is 0 Å². The highest BCUT2D eigenvalue weighted by molar-refractivity contribution is 6.06. The van der Waals surface area contributed by atoms with Gasteiger partial charge in [-0.1, -0.05) is 5.16 Å². The molecule has 2 aromatic rings. The minimum atomic E-state index is -1.36. The molecule has 0 atom stereocenters. The predicted octanol–water partition coefficient (Wildman–Crippen LogP) is 1.91. The van der Waals surface area contributed by atoms with Crippen molar-refractivity contribution in [3.8, 4) is 0 Å². The third-order valence-corrected chi connectivity index (χ3v) is 2.54. The molecule has 1 heterocycles. The smallest absolute Gasteiger partial charge is 0.337 e. The van der Waals surface area contributed by atoms with E-state index in [1.807, 2.05) is 0 Å². The van der Waals surface area contributed by atoms with Crippen molar-refractivity contribution in [3.63, 3.8) is 0 Å². The number of anilines is 1. The highest BCUT2D eigenvalue weighted by Crippen LogP contribution is 2.18. The fraction of sp³-hybridized carbons (Fsp3) is 0.154. The number of halogens is 1. The Kier molecular flexibility index (Phi) is 4.29. The van der Waals surface area contributed by atoms with E-state index in [0.29, 0.717) is 5.76 Å². The molecule has 7 nitrogen and oxygen atoms in total. The maximum Gasteiger partial charge on any atom is 0.337 e. The van der Waals surface area contributed by atoms with E-state index in [0.717, 1.165) is 18.2 Å². The number of amides is 1. The van der Waals surface area contributed by atoms with E-state index in [-0.39, 0.29) is 23.6 Å². The van der Waals surface area contributed by atoms with Crippen LogP contribution in [-0.4, -0.2) is 29.2 Å². The topological polar surface area (TPSA) is 102 Å². The van der Waals surface area contributed by atoms with Crippen LogP contribution in [0, 0.1) is 5.82 Å². The normalized spacial score (nSPS) is 10.4. The first kappa shape index (κ1) is 14.7. The van der Waals surface area contributed by atoms with Gasteiger partial charge in [0.25, 0.3) is 5.91 Å². The molecular weight excluding hydrogens is 283 g/mol. The standard InChI is InChI=1S/C13H11FN2O5/c1-20-6-8-5-11(16-21-8)12(17)15-10-3-2-7(14)4-9(10)13(18)19/h2-5H,6H2,1H3,(H,15,17)(H,18,19). The quantitative estimate of drug-likeness (QED) is 0.873. The lowest BCUT2D eigenvalue weighted by Gasteiger charge is -2.06. The van der Waals surface area contributed by atoms with E-state index < -0.39 is 17.7 Å². The number of carboxylic acid groups (broad SMARTS) is 1. The molecule has 0 aliphatic heterocycles. The van der Waals surface area contributed by atoms with Gasteiger partial charge >= 0.3 is 5.97 Å². The number of methoxy groups -OCH3 is 1. The summed E-state index contributed by atoms with van der Waals surface area (Å²) in [5.74, 6) is -2.39. The van der Waals surface area contributed by atoms with Crippen LogP contribution in [0.25, 0.3) is 0 Å². The number of hydrogen-bond acceptors (Lipinski definition) is 5. The zero-order chi connectivity index (χ0) is 15.4. The predicted molar refractivity (Wildman–Crippen MR) is 68.5 cm³/mol. The minimum Gasteiger partial charge on any atom is -0.478 e. The van der Waals surface area contributed by atoms with Gasteiger partial charge in [-0.05, 0) is 18.2 Å². The summed E-state index contributed by atoms with van der Waals surface area (Å²) in [4.78, 5) is 22.9. The Morgan fingerprint density at radius 1 is 1.43 bits per heavy atom. The summed E-state index contributed by atoms with van der Waals surface area (Å²) in [5, 5.41) is 14.9. The van der Waals surface area contributed by atoms with Crippen molar-refractivity contribution in [1.82, 2.24) is 5.16 Å². The van der Waals surface area contributed by atoms with Crippen molar-refractivity contribution in [2.24, 2.45) is 0 Å². The van der Waals surface area contributed by atoms with Crippen molar-refractivity contribution >= 4 is 17.6 Å². The minimum absolute atomic E-state index is 0.0369. The molecule has 2 rings (SSSR count). The number of nitrogens with one attached hydrogen (secondary N) is 1. The van der Waals surface area contributed by atoms with Gasteiger partial charge in [0.15, 0.2) is 11.5 Å².